The molecule has 2 unspecified atom stereocenters. The molecule has 0 aliphatic carbocycles. The Morgan fingerprint density at radius 2 is 1.69 bits per heavy atom. The minimum Gasteiger partial charge on any atom is -0.0856 e. The largest absolute Gasteiger partial charge is 0.0856 e. The highest BCUT2D eigenvalue weighted by Crippen LogP contribution is 2.29. The van der Waals surface area contributed by atoms with Crippen molar-refractivity contribution in [3.8, 4) is 0 Å². The van der Waals surface area contributed by atoms with E-state index in [0.29, 0.717) is 0 Å². The van der Waals surface area contributed by atoms with Gasteiger partial charge in [-0.2, -0.15) is 0 Å². The van der Waals surface area contributed by atoms with E-state index in [9.17, 15) is 0 Å². The van der Waals surface area contributed by atoms with E-state index in [2.05, 4.69) is 40.7 Å². The van der Waals surface area contributed by atoms with Crippen LogP contribution in [-0.4, -0.2) is 0 Å². The maximum atomic E-state index is 2.42. The number of hydrogen-bond donors (Lipinski definition) is 0. The Morgan fingerprint density at radius 1 is 1.00 bits per heavy atom. The van der Waals surface area contributed by atoms with Gasteiger partial charge in [-0.1, -0.05) is 71.4 Å². The van der Waals surface area contributed by atoms with Crippen molar-refractivity contribution in [1.29, 1.82) is 0 Å². The average Bonchev–Trinajstić information content (AvgIpc) is 2.27. The number of hydrogen-bond acceptors (Lipinski definition) is 0. The van der Waals surface area contributed by atoms with E-state index in [1.165, 1.54) is 44.9 Å². The Labute approximate surface area is 104 Å². The van der Waals surface area contributed by atoms with E-state index in [4.69, 9.17) is 0 Å². The fraction of sp³-hybridized carbons (Fsp3) is 0.875. The number of unbranched alkanes of at least 4 members (excludes halogenated alkanes) is 2. The molecule has 0 amide bonds. The first kappa shape index (κ1) is 15.7. The maximum absolute atomic E-state index is 2.42. The highest BCUT2D eigenvalue weighted by Gasteiger charge is 2.17. The van der Waals surface area contributed by atoms with Gasteiger partial charge in [0.1, 0.15) is 0 Å². The molecule has 96 valence electrons. The standard InChI is InChI=1S/C16H32/c1-6-9-10-13-16(12-8-3)15(5)14(4)11-7-2/h11,15-16H,6-10,12-13H2,1-5H3. The van der Waals surface area contributed by atoms with Crippen molar-refractivity contribution in [2.75, 3.05) is 0 Å². The minimum absolute atomic E-state index is 0.789. The molecule has 0 nitrogen and oxygen atoms in total. The van der Waals surface area contributed by atoms with Crippen molar-refractivity contribution in [3.05, 3.63) is 11.6 Å². The van der Waals surface area contributed by atoms with Gasteiger partial charge in [0.05, 0.1) is 0 Å². The molecule has 0 bridgehead atoms. The molecular weight excluding hydrogens is 192 g/mol. The molecule has 0 aromatic rings. The third-order valence-corrected chi connectivity index (χ3v) is 3.79. The van der Waals surface area contributed by atoms with Crippen LogP contribution in [0.5, 0.6) is 0 Å². The first-order valence-corrected chi connectivity index (χ1v) is 7.33. The monoisotopic (exact) mass is 224 g/mol. The third kappa shape index (κ3) is 6.35. The predicted octanol–water partition coefficient (Wildman–Crippen LogP) is 5.98. The number of rotatable bonds is 9. The molecule has 0 aromatic carbocycles. The van der Waals surface area contributed by atoms with Gasteiger partial charge in [0.25, 0.3) is 0 Å². The van der Waals surface area contributed by atoms with E-state index in [1.54, 1.807) is 5.57 Å². The van der Waals surface area contributed by atoms with Crippen molar-refractivity contribution in [3.63, 3.8) is 0 Å². The van der Waals surface area contributed by atoms with Crippen molar-refractivity contribution in [2.24, 2.45) is 11.8 Å². The second-order valence-electron chi connectivity index (χ2n) is 5.19. The molecule has 0 heterocycles. The Kier molecular flexibility index (Phi) is 9.77. The van der Waals surface area contributed by atoms with E-state index >= 15 is 0 Å². The molecule has 0 aliphatic heterocycles. The van der Waals surface area contributed by atoms with Crippen LogP contribution in [-0.2, 0) is 0 Å². The van der Waals surface area contributed by atoms with Crippen LogP contribution in [0, 0.1) is 11.8 Å². The summed E-state index contributed by atoms with van der Waals surface area (Å²) in [6.07, 6.45) is 11.9. The van der Waals surface area contributed by atoms with Crippen molar-refractivity contribution < 1.29 is 0 Å². The fourth-order valence-corrected chi connectivity index (χ4v) is 2.55. The molecule has 16 heavy (non-hydrogen) atoms. The SMILES string of the molecule is CCC=C(C)C(C)C(CCC)CCCCC. The quantitative estimate of drug-likeness (QED) is 0.334. The van der Waals surface area contributed by atoms with Crippen LogP contribution in [0.1, 0.15) is 79.6 Å². The van der Waals surface area contributed by atoms with Gasteiger partial charge in [-0.3, -0.25) is 0 Å². The van der Waals surface area contributed by atoms with Crippen molar-refractivity contribution in [2.45, 2.75) is 79.6 Å². The van der Waals surface area contributed by atoms with E-state index in [-0.39, 0.29) is 0 Å². The van der Waals surface area contributed by atoms with Crippen LogP contribution in [0.15, 0.2) is 11.6 Å². The third-order valence-electron chi connectivity index (χ3n) is 3.79. The molecule has 0 aromatic heterocycles. The lowest BCUT2D eigenvalue weighted by Crippen LogP contribution is -2.13. The maximum Gasteiger partial charge on any atom is -0.0206 e. The van der Waals surface area contributed by atoms with E-state index in [1.807, 2.05) is 0 Å². The van der Waals surface area contributed by atoms with Crippen LogP contribution < -0.4 is 0 Å². The highest BCUT2D eigenvalue weighted by molar-refractivity contribution is 5.03. The smallest absolute Gasteiger partial charge is 0.0206 e. The van der Waals surface area contributed by atoms with Gasteiger partial charge in [0, 0.05) is 0 Å². The molecule has 0 heteroatoms. The second kappa shape index (κ2) is 9.93. The molecule has 0 rings (SSSR count). The lowest BCUT2D eigenvalue weighted by molar-refractivity contribution is 0.336. The first-order chi connectivity index (χ1) is 7.67. The molecule has 0 N–H and O–H groups in total. The van der Waals surface area contributed by atoms with Crippen LogP contribution in [0.3, 0.4) is 0 Å². The van der Waals surface area contributed by atoms with Crippen LogP contribution >= 0.6 is 0 Å². The molecule has 2 atom stereocenters. The second-order valence-corrected chi connectivity index (χ2v) is 5.19. The summed E-state index contributed by atoms with van der Waals surface area (Å²) in [5.41, 5.74) is 1.61. The summed E-state index contributed by atoms with van der Waals surface area (Å²) in [5, 5.41) is 0. The van der Waals surface area contributed by atoms with Crippen LogP contribution in [0.2, 0.25) is 0 Å². The predicted molar refractivity (Wildman–Crippen MR) is 75.8 cm³/mol. The zero-order valence-corrected chi connectivity index (χ0v) is 12.2. The van der Waals surface area contributed by atoms with Gasteiger partial charge in [0.15, 0.2) is 0 Å². The van der Waals surface area contributed by atoms with Gasteiger partial charge in [-0.25, -0.2) is 0 Å². The summed E-state index contributed by atoms with van der Waals surface area (Å²) in [6.45, 7) is 11.6. The van der Waals surface area contributed by atoms with Gasteiger partial charge >= 0.3 is 0 Å². The van der Waals surface area contributed by atoms with Gasteiger partial charge in [0.2, 0.25) is 0 Å². The zero-order valence-electron chi connectivity index (χ0n) is 12.2. The van der Waals surface area contributed by atoms with E-state index in [0.717, 1.165) is 11.8 Å². The summed E-state index contributed by atoms with van der Waals surface area (Å²) in [7, 11) is 0. The fourth-order valence-electron chi connectivity index (χ4n) is 2.55. The average molecular weight is 224 g/mol. The molecule has 0 spiro atoms. The summed E-state index contributed by atoms with van der Waals surface area (Å²) in [6, 6.07) is 0. The Bertz CT molecular complexity index is 178. The Hall–Kier alpha value is -0.260. The molecule has 0 saturated carbocycles. The molecular formula is C16H32. The molecule has 0 aliphatic rings. The first-order valence-electron chi connectivity index (χ1n) is 7.33. The lowest BCUT2D eigenvalue weighted by Gasteiger charge is -2.24. The summed E-state index contributed by atoms with van der Waals surface area (Å²) >= 11 is 0. The summed E-state index contributed by atoms with van der Waals surface area (Å²) in [4.78, 5) is 0. The Balaban J connectivity index is 4.21. The lowest BCUT2D eigenvalue weighted by atomic mass is 9.81. The summed E-state index contributed by atoms with van der Waals surface area (Å²) < 4.78 is 0. The van der Waals surface area contributed by atoms with Crippen LogP contribution in [0.4, 0.5) is 0 Å². The van der Waals surface area contributed by atoms with Gasteiger partial charge in [-0.15, -0.1) is 0 Å². The minimum atomic E-state index is 0.789. The Morgan fingerprint density at radius 3 is 2.19 bits per heavy atom. The normalized spacial score (nSPS) is 16.2. The van der Waals surface area contributed by atoms with Gasteiger partial charge < -0.3 is 0 Å². The van der Waals surface area contributed by atoms with Gasteiger partial charge in [-0.05, 0) is 31.6 Å². The highest BCUT2D eigenvalue weighted by atomic mass is 14.2. The zero-order chi connectivity index (χ0) is 12.4. The van der Waals surface area contributed by atoms with E-state index < -0.39 is 0 Å². The summed E-state index contributed by atoms with van der Waals surface area (Å²) in [5.74, 6) is 1.70. The topological polar surface area (TPSA) is 0 Å². The molecule has 0 fully saturated rings. The molecule has 0 saturated heterocycles. The van der Waals surface area contributed by atoms with Crippen LogP contribution in [0.25, 0.3) is 0 Å². The van der Waals surface area contributed by atoms with Crippen molar-refractivity contribution in [1.82, 2.24) is 0 Å². The molecule has 0 radical (unpaired) electrons. The number of allylic oxidation sites excluding steroid dienone is 2. The van der Waals surface area contributed by atoms with Crippen molar-refractivity contribution >= 4 is 0 Å².